The number of aliphatic carboxylic acids is 1. The van der Waals surface area contributed by atoms with E-state index in [4.69, 9.17) is 9.94 Å². The number of carbonyl (C=O) groups is 1. The van der Waals surface area contributed by atoms with Crippen LogP contribution in [0.4, 0.5) is 4.39 Å². The van der Waals surface area contributed by atoms with Gasteiger partial charge in [-0.1, -0.05) is 13.8 Å². The van der Waals surface area contributed by atoms with Crippen LogP contribution >= 0.6 is 0 Å². The lowest BCUT2D eigenvalue weighted by atomic mass is 10.0. The van der Waals surface area contributed by atoms with Crippen molar-refractivity contribution in [2.24, 2.45) is 5.92 Å². The van der Waals surface area contributed by atoms with Gasteiger partial charge >= 0.3 is 5.97 Å². The normalized spacial score (nSPS) is 22.9. The molecule has 1 unspecified atom stereocenters. The summed E-state index contributed by atoms with van der Waals surface area (Å²) in [4.78, 5) is 18.2. The van der Waals surface area contributed by atoms with Crippen LogP contribution in [0.15, 0.2) is 0 Å². The average molecular weight is 262 g/mol. The quantitative estimate of drug-likeness (QED) is 0.702. The van der Waals surface area contributed by atoms with Gasteiger partial charge in [-0.2, -0.15) is 5.06 Å². The highest BCUT2D eigenvalue weighted by Crippen LogP contribution is 2.14. The summed E-state index contributed by atoms with van der Waals surface area (Å²) in [7, 11) is 1.71. The van der Waals surface area contributed by atoms with Crippen molar-refractivity contribution in [1.29, 1.82) is 0 Å². The molecular weight excluding hydrogens is 239 g/mol. The molecule has 5 nitrogen and oxygen atoms in total. The fourth-order valence-electron chi connectivity index (χ4n) is 1.98. The molecule has 1 aliphatic heterocycles. The molecule has 2 atom stereocenters. The lowest BCUT2D eigenvalue weighted by Gasteiger charge is -2.27. The first-order valence-corrected chi connectivity index (χ1v) is 6.35. The smallest absolute Gasteiger partial charge is 0.320 e. The topological polar surface area (TPSA) is 53.0 Å². The molecule has 0 amide bonds. The molecule has 6 heteroatoms. The second-order valence-electron chi connectivity index (χ2n) is 5.27. The first-order valence-electron chi connectivity index (χ1n) is 6.35. The molecule has 0 spiro atoms. The number of hydrogen-bond donors (Lipinski definition) is 1. The third kappa shape index (κ3) is 4.88. The van der Waals surface area contributed by atoms with Crippen LogP contribution < -0.4 is 0 Å². The van der Waals surface area contributed by atoms with Crippen molar-refractivity contribution in [2.45, 2.75) is 38.9 Å². The first-order chi connectivity index (χ1) is 8.40. The zero-order valence-corrected chi connectivity index (χ0v) is 11.3. The molecule has 0 bridgehead atoms. The van der Waals surface area contributed by atoms with E-state index in [1.54, 1.807) is 17.0 Å². The van der Waals surface area contributed by atoms with Gasteiger partial charge in [0.1, 0.15) is 18.9 Å². The number of hydroxylamine groups is 2. The first kappa shape index (κ1) is 15.3. The Morgan fingerprint density at radius 1 is 1.61 bits per heavy atom. The van der Waals surface area contributed by atoms with Gasteiger partial charge in [-0.3, -0.25) is 14.5 Å². The fraction of sp³-hybridized carbons (Fsp3) is 0.917. The number of halogens is 1. The summed E-state index contributed by atoms with van der Waals surface area (Å²) < 4.78 is 12.9. The van der Waals surface area contributed by atoms with E-state index >= 15 is 0 Å². The Morgan fingerprint density at radius 2 is 2.28 bits per heavy atom. The minimum Gasteiger partial charge on any atom is -0.480 e. The van der Waals surface area contributed by atoms with Crippen molar-refractivity contribution in [3.63, 3.8) is 0 Å². The number of carboxylic acids is 1. The zero-order chi connectivity index (χ0) is 13.7. The second-order valence-corrected chi connectivity index (χ2v) is 5.27. The maximum atomic E-state index is 12.9. The van der Waals surface area contributed by atoms with Crippen LogP contribution in [0.2, 0.25) is 0 Å². The van der Waals surface area contributed by atoms with E-state index in [0.29, 0.717) is 25.3 Å². The predicted octanol–water partition coefficient (Wildman–Crippen LogP) is 1.35. The average Bonchev–Trinajstić information content (AvgIpc) is 2.68. The number of rotatable bonds is 7. The van der Waals surface area contributed by atoms with Crippen molar-refractivity contribution in [2.75, 3.05) is 26.9 Å². The minimum absolute atomic E-state index is 0.177. The van der Waals surface area contributed by atoms with Gasteiger partial charge in [0.2, 0.25) is 0 Å². The lowest BCUT2D eigenvalue weighted by molar-refractivity contribution is -0.187. The Morgan fingerprint density at radius 3 is 2.72 bits per heavy atom. The maximum absolute atomic E-state index is 12.9. The monoisotopic (exact) mass is 262 g/mol. The van der Waals surface area contributed by atoms with Gasteiger partial charge in [-0.25, -0.2) is 4.39 Å². The Hall–Kier alpha value is -0.720. The number of hydrogen-bond acceptors (Lipinski definition) is 4. The van der Waals surface area contributed by atoms with Gasteiger partial charge in [-0.15, -0.1) is 0 Å². The van der Waals surface area contributed by atoms with E-state index in [1.165, 1.54) is 0 Å². The van der Waals surface area contributed by atoms with Crippen LogP contribution in [0.1, 0.15) is 26.7 Å². The Labute approximate surface area is 107 Å². The van der Waals surface area contributed by atoms with E-state index < -0.39 is 18.2 Å². The summed E-state index contributed by atoms with van der Waals surface area (Å²) in [5.74, 6) is -0.546. The van der Waals surface area contributed by atoms with Crippen molar-refractivity contribution < 1.29 is 19.1 Å². The molecule has 1 fully saturated rings. The van der Waals surface area contributed by atoms with E-state index in [2.05, 4.69) is 0 Å². The second kappa shape index (κ2) is 7.01. The Bertz CT molecular complexity index is 276. The molecule has 0 aromatic carbocycles. The summed E-state index contributed by atoms with van der Waals surface area (Å²) >= 11 is 0. The number of likely N-dealkylation sites (N-methyl/N-ethyl adjacent to an activating group) is 1. The van der Waals surface area contributed by atoms with Crippen LogP contribution in [0.25, 0.3) is 0 Å². The number of carboxylic acid groups (broad SMARTS) is 1. The van der Waals surface area contributed by atoms with Crippen molar-refractivity contribution in [1.82, 2.24) is 9.96 Å². The van der Waals surface area contributed by atoms with Crippen molar-refractivity contribution in [3.8, 4) is 0 Å². The summed E-state index contributed by atoms with van der Waals surface area (Å²) in [5, 5.41) is 10.7. The van der Waals surface area contributed by atoms with Gasteiger partial charge in [0.05, 0.1) is 6.54 Å². The predicted molar refractivity (Wildman–Crippen MR) is 65.7 cm³/mol. The lowest BCUT2D eigenvalue weighted by Crippen LogP contribution is -2.42. The third-order valence-corrected chi connectivity index (χ3v) is 3.05. The van der Waals surface area contributed by atoms with Gasteiger partial charge < -0.3 is 5.11 Å². The maximum Gasteiger partial charge on any atom is 0.320 e. The molecule has 106 valence electrons. The van der Waals surface area contributed by atoms with Gasteiger partial charge in [0.25, 0.3) is 0 Å². The van der Waals surface area contributed by atoms with Crippen LogP contribution in [0.5, 0.6) is 0 Å². The van der Waals surface area contributed by atoms with Crippen LogP contribution in [-0.2, 0) is 9.63 Å². The molecule has 18 heavy (non-hydrogen) atoms. The summed E-state index contributed by atoms with van der Waals surface area (Å²) in [6.07, 6.45) is 0.222. The largest absolute Gasteiger partial charge is 0.480 e. The summed E-state index contributed by atoms with van der Waals surface area (Å²) in [6.45, 7) is 4.99. The Balaban J connectivity index is 2.36. The standard InChI is InChI=1S/C12H23FN2O3/c1-9(2)6-11(12(16)17)14(3)8-18-15-5-4-10(13)7-15/h9-11H,4-8H2,1-3H3,(H,16,17)/t10-,11?/m1/s1. The molecule has 1 rings (SSSR count). The van der Waals surface area contributed by atoms with Gasteiger partial charge in [0.15, 0.2) is 0 Å². The van der Waals surface area contributed by atoms with Crippen LogP contribution in [0.3, 0.4) is 0 Å². The molecule has 0 radical (unpaired) electrons. The summed E-state index contributed by atoms with van der Waals surface area (Å²) in [5.41, 5.74) is 0. The van der Waals surface area contributed by atoms with Gasteiger partial charge in [-0.05, 0) is 25.8 Å². The minimum atomic E-state index is -0.848. The SMILES string of the molecule is CC(C)CC(C(=O)O)N(C)CON1CC[C@@H](F)C1. The highest BCUT2D eigenvalue weighted by atomic mass is 19.1. The number of nitrogens with zero attached hydrogens (tertiary/aromatic N) is 2. The van der Waals surface area contributed by atoms with Crippen molar-refractivity contribution >= 4 is 5.97 Å². The zero-order valence-electron chi connectivity index (χ0n) is 11.3. The van der Waals surface area contributed by atoms with E-state index in [1.807, 2.05) is 13.8 Å². The Kier molecular flexibility index (Phi) is 5.98. The van der Waals surface area contributed by atoms with Gasteiger partial charge in [0, 0.05) is 6.54 Å². The highest BCUT2D eigenvalue weighted by Gasteiger charge is 2.26. The highest BCUT2D eigenvalue weighted by molar-refractivity contribution is 5.73. The van der Waals surface area contributed by atoms with E-state index in [9.17, 15) is 9.18 Å². The molecule has 0 aromatic heterocycles. The fourth-order valence-corrected chi connectivity index (χ4v) is 1.98. The molecule has 1 N–H and O–H groups in total. The summed E-state index contributed by atoms with van der Waals surface area (Å²) in [6, 6.07) is -0.561. The molecular formula is C12H23FN2O3. The molecule has 0 aromatic rings. The molecule has 1 heterocycles. The molecule has 1 saturated heterocycles. The van der Waals surface area contributed by atoms with Crippen LogP contribution in [-0.4, -0.2) is 60.1 Å². The van der Waals surface area contributed by atoms with Crippen LogP contribution in [0, 0.1) is 5.92 Å². The van der Waals surface area contributed by atoms with E-state index in [0.717, 1.165) is 0 Å². The molecule has 0 aliphatic carbocycles. The third-order valence-electron chi connectivity index (χ3n) is 3.05. The molecule has 1 aliphatic rings. The number of alkyl halides is 1. The van der Waals surface area contributed by atoms with E-state index in [-0.39, 0.29) is 13.3 Å². The van der Waals surface area contributed by atoms with Crippen molar-refractivity contribution in [3.05, 3.63) is 0 Å². The molecule has 0 saturated carbocycles.